The van der Waals surface area contributed by atoms with Crippen molar-refractivity contribution in [1.82, 2.24) is 15.2 Å². The zero-order valence-electron chi connectivity index (χ0n) is 16.6. The van der Waals surface area contributed by atoms with Gasteiger partial charge in [0.05, 0.1) is 5.56 Å². The number of aliphatic hydroxyl groups is 1. The molecule has 0 saturated carbocycles. The van der Waals surface area contributed by atoms with Crippen LogP contribution in [0.3, 0.4) is 0 Å². The maximum atomic E-state index is 12.4. The first-order chi connectivity index (χ1) is 13.2. The number of aliphatic hydroxyl groups excluding tert-OH is 1. The molecule has 1 aromatic heterocycles. The summed E-state index contributed by atoms with van der Waals surface area (Å²) >= 11 is 0. The summed E-state index contributed by atoms with van der Waals surface area (Å²) in [7, 11) is 2.18. The van der Waals surface area contributed by atoms with Crippen LogP contribution in [0, 0.1) is 5.92 Å². The van der Waals surface area contributed by atoms with Gasteiger partial charge < -0.3 is 20.2 Å². The fraction of sp³-hybridized carbons (Fsp3) is 0.714. The lowest BCUT2D eigenvalue weighted by atomic mass is 9.94. The Morgan fingerprint density at radius 2 is 2.00 bits per heavy atom. The molecule has 1 atom stereocenters. The van der Waals surface area contributed by atoms with E-state index in [2.05, 4.69) is 27.1 Å². The summed E-state index contributed by atoms with van der Waals surface area (Å²) < 4.78 is 0. The lowest BCUT2D eigenvalue weighted by Crippen LogP contribution is -2.39. The molecule has 3 heterocycles. The van der Waals surface area contributed by atoms with E-state index in [0.29, 0.717) is 24.1 Å². The van der Waals surface area contributed by atoms with Crippen molar-refractivity contribution < 1.29 is 9.90 Å². The number of hydrogen-bond donors (Lipinski definition) is 2. The highest BCUT2D eigenvalue weighted by molar-refractivity contribution is 5.94. The molecule has 150 valence electrons. The number of likely N-dealkylation sites (tertiary alicyclic amines) is 1. The molecular weight excluding hydrogens is 340 g/mol. The Balaban J connectivity index is 1.43. The predicted molar refractivity (Wildman–Crippen MR) is 108 cm³/mol. The van der Waals surface area contributed by atoms with Crippen molar-refractivity contribution in [1.29, 1.82) is 0 Å². The van der Waals surface area contributed by atoms with Crippen LogP contribution in [0.15, 0.2) is 18.3 Å². The van der Waals surface area contributed by atoms with Gasteiger partial charge in [0.2, 0.25) is 0 Å². The summed E-state index contributed by atoms with van der Waals surface area (Å²) in [5, 5.41) is 12.1. The fourth-order valence-corrected chi connectivity index (χ4v) is 4.30. The van der Waals surface area contributed by atoms with Crippen molar-refractivity contribution >= 4 is 11.7 Å². The molecular formula is C21H34N4O2. The SMILES string of the molecule is CN1CCCCC1CCNC(=O)c1ccc(N2CCC(CCO)CC2)nc1. The van der Waals surface area contributed by atoms with Crippen molar-refractivity contribution in [3.8, 4) is 0 Å². The third kappa shape index (κ3) is 5.66. The van der Waals surface area contributed by atoms with Crippen LogP contribution in [-0.2, 0) is 0 Å². The van der Waals surface area contributed by atoms with Crippen molar-refractivity contribution in [3.05, 3.63) is 23.9 Å². The molecule has 2 aliphatic rings. The maximum absolute atomic E-state index is 12.4. The van der Waals surface area contributed by atoms with Crippen molar-refractivity contribution in [2.24, 2.45) is 5.92 Å². The molecule has 1 aromatic rings. The largest absolute Gasteiger partial charge is 0.396 e. The number of piperidine rings is 2. The number of carbonyl (C=O) groups is 1. The van der Waals surface area contributed by atoms with Crippen LogP contribution in [0.25, 0.3) is 0 Å². The van der Waals surface area contributed by atoms with Crippen LogP contribution in [0.4, 0.5) is 5.82 Å². The molecule has 3 rings (SSSR count). The highest BCUT2D eigenvalue weighted by Gasteiger charge is 2.21. The number of amides is 1. The van der Waals surface area contributed by atoms with Crippen LogP contribution < -0.4 is 10.2 Å². The van der Waals surface area contributed by atoms with Gasteiger partial charge in [0, 0.05) is 38.5 Å². The molecule has 1 amide bonds. The number of aromatic nitrogens is 1. The molecule has 1 unspecified atom stereocenters. The topological polar surface area (TPSA) is 68.7 Å². The van der Waals surface area contributed by atoms with E-state index >= 15 is 0 Å². The quantitative estimate of drug-likeness (QED) is 0.766. The number of anilines is 1. The van der Waals surface area contributed by atoms with Crippen molar-refractivity contribution in [3.63, 3.8) is 0 Å². The number of rotatable bonds is 7. The molecule has 2 aliphatic heterocycles. The summed E-state index contributed by atoms with van der Waals surface area (Å²) in [5.41, 5.74) is 0.630. The molecule has 2 saturated heterocycles. The van der Waals surface area contributed by atoms with E-state index in [-0.39, 0.29) is 12.5 Å². The summed E-state index contributed by atoms with van der Waals surface area (Å²) in [4.78, 5) is 21.6. The van der Waals surface area contributed by atoms with Gasteiger partial charge in [-0.25, -0.2) is 4.98 Å². The molecule has 0 bridgehead atoms. The summed E-state index contributed by atoms with van der Waals surface area (Å²) in [6.07, 6.45) is 9.62. The molecule has 2 N–H and O–H groups in total. The van der Waals surface area contributed by atoms with Crippen molar-refractivity contribution in [2.45, 2.75) is 51.0 Å². The Labute approximate surface area is 163 Å². The molecule has 0 radical (unpaired) electrons. The molecule has 6 heteroatoms. The van der Waals surface area contributed by atoms with E-state index < -0.39 is 0 Å². The average molecular weight is 375 g/mol. The third-order valence-electron chi connectivity index (χ3n) is 6.17. The standard InChI is InChI=1S/C21H34N4O2/c1-24-12-3-2-4-19(24)7-11-22-21(27)18-5-6-20(23-16-18)25-13-8-17(9-14-25)10-15-26/h5-6,16-17,19,26H,2-4,7-15H2,1H3,(H,22,27). The van der Waals surface area contributed by atoms with Gasteiger partial charge in [0.25, 0.3) is 5.91 Å². The van der Waals surface area contributed by atoms with E-state index in [1.165, 1.54) is 25.8 Å². The smallest absolute Gasteiger partial charge is 0.252 e. The van der Waals surface area contributed by atoms with Crippen LogP contribution in [-0.4, -0.2) is 66.8 Å². The highest BCUT2D eigenvalue weighted by Crippen LogP contribution is 2.24. The number of carbonyl (C=O) groups excluding carboxylic acids is 1. The minimum atomic E-state index is -0.0332. The van der Waals surface area contributed by atoms with Gasteiger partial charge in [-0.15, -0.1) is 0 Å². The van der Waals surface area contributed by atoms with Gasteiger partial charge in [-0.3, -0.25) is 4.79 Å². The Hall–Kier alpha value is -1.66. The lowest BCUT2D eigenvalue weighted by Gasteiger charge is -2.32. The number of nitrogens with zero attached hydrogens (tertiary/aromatic N) is 3. The molecule has 0 aromatic carbocycles. The normalized spacial score (nSPS) is 22.0. The van der Waals surface area contributed by atoms with Gasteiger partial charge in [0.1, 0.15) is 5.82 Å². The van der Waals surface area contributed by atoms with Crippen LogP contribution >= 0.6 is 0 Å². The molecule has 0 spiro atoms. The zero-order valence-corrected chi connectivity index (χ0v) is 16.6. The van der Waals surface area contributed by atoms with Gasteiger partial charge >= 0.3 is 0 Å². The molecule has 6 nitrogen and oxygen atoms in total. The second kappa shape index (κ2) is 10.0. The van der Waals surface area contributed by atoms with E-state index in [4.69, 9.17) is 5.11 Å². The summed E-state index contributed by atoms with van der Waals surface area (Å²) in [5.74, 6) is 1.53. The average Bonchev–Trinajstić information content (AvgIpc) is 2.70. The lowest BCUT2D eigenvalue weighted by molar-refractivity contribution is 0.0945. The first-order valence-corrected chi connectivity index (χ1v) is 10.5. The van der Waals surface area contributed by atoms with Crippen LogP contribution in [0.2, 0.25) is 0 Å². The van der Waals surface area contributed by atoms with Crippen LogP contribution in [0.1, 0.15) is 55.3 Å². The van der Waals surface area contributed by atoms with Gasteiger partial charge in [-0.2, -0.15) is 0 Å². The highest BCUT2D eigenvalue weighted by atomic mass is 16.3. The first kappa shape index (κ1) is 20.1. The Kier molecular flexibility index (Phi) is 7.47. The predicted octanol–water partition coefficient (Wildman–Crippen LogP) is 2.28. The zero-order chi connectivity index (χ0) is 19.1. The Bertz CT molecular complexity index is 584. The van der Waals surface area contributed by atoms with Crippen molar-refractivity contribution in [2.75, 3.05) is 44.7 Å². The number of nitrogens with one attached hydrogen (secondary N) is 1. The fourth-order valence-electron chi connectivity index (χ4n) is 4.30. The Morgan fingerprint density at radius 1 is 1.19 bits per heavy atom. The molecule has 2 fully saturated rings. The Morgan fingerprint density at radius 3 is 2.67 bits per heavy atom. The number of hydrogen-bond acceptors (Lipinski definition) is 5. The van der Waals surface area contributed by atoms with E-state index in [9.17, 15) is 4.79 Å². The van der Waals surface area contributed by atoms with E-state index in [1.807, 2.05) is 12.1 Å². The van der Waals surface area contributed by atoms with Crippen LogP contribution in [0.5, 0.6) is 0 Å². The minimum Gasteiger partial charge on any atom is -0.396 e. The summed E-state index contributed by atoms with van der Waals surface area (Å²) in [6.45, 7) is 4.11. The van der Waals surface area contributed by atoms with Gasteiger partial charge in [0.15, 0.2) is 0 Å². The second-order valence-corrected chi connectivity index (χ2v) is 8.02. The second-order valence-electron chi connectivity index (χ2n) is 8.02. The van der Waals surface area contributed by atoms with E-state index in [1.54, 1.807) is 6.20 Å². The van der Waals surface area contributed by atoms with Gasteiger partial charge in [-0.1, -0.05) is 6.42 Å². The van der Waals surface area contributed by atoms with Gasteiger partial charge in [-0.05, 0) is 70.2 Å². The maximum Gasteiger partial charge on any atom is 0.252 e. The minimum absolute atomic E-state index is 0.0332. The van der Waals surface area contributed by atoms with E-state index in [0.717, 1.165) is 44.6 Å². The summed E-state index contributed by atoms with van der Waals surface area (Å²) in [6, 6.07) is 4.42. The third-order valence-corrected chi connectivity index (χ3v) is 6.17. The first-order valence-electron chi connectivity index (χ1n) is 10.5. The molecule has 0 aliphatic carbocycles. The number of pyridine rings is 1. The monoisotopic (exact) mass is 374 g/mol. The molecule has 27 heavy (non-hydrogen) atoms.